The molecule has 1 amide bonds. The number of carbonyl (C=O) groups is 1. The van der Waals surface area contributed by atoms with Crippen LogP contribution in [0.25, 0.3) is 10.9 Å². The smallest absolute Gasteiger partial charge is 0.251 e. The largest absolute Gasteiger partial charge is 0.387 e. The third kappa shape index (κ3) is 3.05. The van der Waals surface area contributed by atoms with Crippen LogP contribution in [0.1, 0.15) is 38.8 Å². The third-order valence-electron chi connectivity index (χ3n) is 4.57. The first-order valence-corrected chi connectivity index (χ1v) is 8.08. The average molecular weight is 322 g/mol. The van der Waals surface area contributed by atoms with Gasteiger partial charge in [-0.15, -0.1) is 0 Å². The molecule has 3 N–H and O–H groups in total. The molecule has 0 saturated heterocycles. The predicted molar refractivity (Wildman–Crippen MR) is 96.2 cm³/mol. The van der Waals surface area contributed by atoms with Crippen molar-refractivity contribution in [3.63, 3.8) is 0 Å². The van der Waals surface area contributed by atoms with Crippen molar-refractivity contribution in [2.24, 2.45) is 0 Å². The highest BCUT2D eigenvalue weighted by molar-refractivity contribution is 5.99. The Hall–Kier alpha value is -2.59. The molecule has 0 radical (unpaired) electrons. The molecule has 1 unspecified atom stereocenters. The maximum Gasteiger partial charge on any atom is 0.251 e. The molecule has 24 heavy (non-hydrogen) atoms. The van der Waals surface area contributed by atoms with Crippen LogP contribution in [-0.4, -0.2) is 22.5 Å². The third-order valence-corrected chi connectivity index (χ3v) is 4.57. The summed E-state index contributed by atoms with van der Waals surface area (Å²) in [5.74, 6) is -0.178. The van der Waals surface area contributed by atoms with Crippen molar-refractivity contribution in [1.29, 1.82) is 0 Å². The molecule has 3 rings (SSSR count). The minimum absolute atomic E-state index is 0.178. The van der Waals surface area contributed by atoms with Crippen LogP contribution in [0.15, 0.2) is 42.5 Å². The van der Waals surface area contributed by atoms with Crippen LogP contribution in [0.5, 0.6) is 0 Å². The van der Waals surface area contributed by atoms with E-state index in [0.717, 1.165) is 33.3 Å². The zero-order chi connectivity index (χ0) is 17.3. The molecule has 124 valence electrons. The second kappa shape index (κ2) is 6.49. The van der Waals surface area contributed by atoms with Gasteiger partial charge in [0.2, 0.25) is 0 Å². The van der Waals surface area contributed by atoms with Crippen LogP contribution < -0.4 is 5.32 Å². The first kappa shape index (κ1) is 16.3. The van der Waals surface area contributed by atoms with Crippen molar-refractivity contribution in [1.82, 2.24) is 10.3 Å². The number of aryl methyl sites for hydroxylation is 3. The summed E-state index contributed by atoms with van der Waals surface area (Å²) in [7, 11) is 0. The van der Waals surface area contributed by atoms with E-state index in [9.17, 15) is 9.90 Å². The van der Waals surface area contributed by atoms with Crippen molar-refractivity contribution in [3.8, 4) is 0 Å². The Labute approximate surface area is 141 Å². The highest BCUT2D eigenvalue weighted by atomic mass is 16.3. The van der Waals surface area contributed by atoms with Crippen molar-refractivity contribution < 1.29 is 9.90 Å². The number of aliphatic hydroxyl groups excluding tert-OH is 1. The molecular weight excluding hydrogens is 300 g/mol. The van der Waals surface area contributed by atoms with Crippen LogP contribution in [0.2, 0.25) is 0 Å². The Kier molecular flexibility index (Phi) is 4.40. The van der Waals surface area contributed by atoms with Crippen molar-refractivity contribution in [3.05, 3.63) is 70.4 Å². The lowest BCUT2D eigenvalue weighted by Crippen LogP contribution is -2.28. The Morgan fingerprint density at radius 3 is 2.67 bits per heavy atom. The maximum atomic E-state index is 12.4. The van der Waals surface area contributed by atoms with E-state index in [1.807, 2.05) is 57.2 Å². The van der Waals surface area contributed by atoms with E-state index in [1.54, 1.807) is 6.07 Å². The number of benzene rings is 2. The van der Waals surface area contributed by atoms with Gasteiger partial charge in [0.05, 0.1) is 6.10 Å². The number of rotatable bonds is 4. The number of amides is 1. The number of aromatic nitrogens is 1. The standard InChI is InChI=1S/C20H22N2O2/c1-12-6-4-5-7-16(12)19(23)11-21-20(24)15-8-9-18-17(10-15)13(2)14(3)22-18/h4-10,19,22-23H,11H2,1-3H3,(H,21,24). The summed E-state index contributed by atoms with van der Waals surface area (Å²) in [6.45, 7) is 6.20. The fraction of sp³-hybridized carbons (Fsp3) is 0.250. The van der Waals surface area contributed by atoms with E-state index < -0.39 is 6.10 Å². The normalized spacial score (nSPS) is 12.3. The molecule has 0 aliphatic carbocycles. The minimum atomic E-state index is -0.713. The molecule has 0 aliphatic heterocycles. The lowest BCUT2D eigenvalue weighted by Gasteiger charge is -2.14. The summed E-state index contributed by atoms with van der Waals surface area (Å²) in [6, 6.07) is 13.3. The number of fused-ring (bicyclic) bond motifs is 1. The van der Waals surface area contributed by atoms with Gasteiger partial charge in [0, 0.05) is 28.7 Å². The zero-order valence-electron chi connectivity index (χ0n) is 14.2. The van der Waals surface area contributed by atoms with Gasteiger partial charge in [0.1, 0.15) is 0 Å². The number of hydrogen-bond donors (Lipinski definition) is 3. The zero-order valence-corrected chi connectivity index (χ0v) is 14.2. The second-order valence-corrected chi connectivity index (χ2v) is 6.22. The molecule has 0 fully saturated rings. The monoisotopic (exact) mass is 322 g/mol. The summed E-state index contributed by atoms with van der Waals surface area (Å²) < 4.78 is 0. The van der Waals surface area contributed by atoms with E-state index in [4.69, 9.17) is 0 Å². The van der Waals surface area contributed by atoms with Gasteiger partial charge in [-0.2, -0.15) is 0 Å². The van der Waals surface area contributed by atoms with Gasteiger partial charge in [-0.25, -0.2) is 0 Å². The summed E-state index contributed by atoms with van der Waals surface area (Å²) in [6.07, 6.45) is -0.713. The molecule has 4 nitrogen and oxygen atoms in total. The Balaban J connectivity index is 1.73. The van der Waals surface area contributed by atoms with Gasteiger partial charge in [0.15, 0.2) is 0 Å². The molecule has 1 atom stereocenters. The van der Waals surface area contributed by atoms with Crippen molar-refractivity contribution in [2.45, 2.75) is 26.9 Å². The highest BCUT2D eigenvalue weighted by Crippen LogP contribution is 2.22. The van der Waals surface area contributed by atoms with Crippen LogP contribution >= 0.6 is 0 Å². The quantitative estimate of drug-likeness (QED) is 0.687. The van der Waals surface area contributed by atoms with Gasteiger partial charge in [-0.1, -0.05) is 24.3 Å². The van der Waals surface area contributed by atoms with Gasteiger partial charge in [0.25, 0.3) is 5.91 Å². The summed E-state index contributed by atoms with van der Waals surface area (Å²) in [5, 5.41) is 14.2. The molecule has 4 heteroatoms. The Morgan fingerprint density at radius 2 is 1.92 bits per heavy atom. The number of aliphatic hydroxyl groups is 1. The van der Waals surface area contributed by atoms with E-state index in [0.29, 0.717) is 5.56 Å². The highest BCUT2D eigenvalue weighted by Gasteiger charge is 2.13. The topological polar surface area (TPSA) is 65.1 Å². The lowest BCUT2D eigenvalue weighted by atomic mass is 10.0. The summed E-state index contributed by atoms with van der Waals surface area (Å²) >= 11 is 0. The number of hydrogen-bond acceptors (Lipinski definition) is 2. The second-order valence-electron chi connectivity index (χ2n) is 6.22. The van der Waals surface area contributed by atoms with Crippen LogP contribution in [0.3, 0.4) is 0 Å². The summed E-state index contributed by atoms with van der Waals surface area (Å²) in [5.41, 5.74) is 5.74. The van der Waals surface area contributed by atoms with Crippen LogP contribution in [0, 0.1) is 20.8 Å². The first-order valence-electron chi connectivity index (χ1n) is 8.08. The molecule has 0 bridgehead atoms. The minimum Gasteiger partial charge on any atom is -0.387 e. The number of carbonyl (C=O) groups excluding carboxylic acids is 1. The Bertz CT molecular complexity index is 896. The van der Waals surface area contributed by atoms with Gasteiger partial charge < -0.3 is 15.4 Å². The SMILES string of the molecule is Cc1ccccc1C(O)CNC(=O)c1ccc2[nH]c(C)c(C)c2c1. The molecule has 3 aromatic rings. The molecule has 0 saturated carbocycles. The Morgan fingerprint density at radius 1 is 1.17 bits per heavy atom. The van der Waals surface area contributed by atoms with Crippen LogP contribution in [-0.2, 0) is 0 Å². The van der Waals surface area contributed by atoms with E-state index in [2.05, 4.69) is 10.3 Å². The van der Waals surface area contributed by atoms with E-state index >= 15 is 0 Å². The molecule has 1 heterocycles. The first-order chi connectivity index (χ1) is 11.5. The van der Waals surface area contributed by atoms with Crippen molar-refractivity contribution >= 4 is 16.8 Å². The molecule has 0 aliphatic rings. The summed E-state index contributed by atoms with van der Waals surface area (Å²) in [4.78, 5) is 15.7. The van der Waals surface area contributed by atoms with Gasteiger partial charge in [-0.3, -0.25) is 4.79 Å². The average Bonchev–Trinajstić information content (AvgIpc) is 2.87. The molecular formula is C20H22N2O2. The maximum absolute atomic E-state index is 12.4. The number of nitrogens with one attached hydrogen (secondary N) is 2. The molecule has 2 aromatic carbocycles. The number of H-pyrrole nitrogens is 1. The van der Waals surface area contributed by atoms with Gasteiger partial charge >= 0.3 is 0 Å². The number of aromatic amines is 1. The van der Waals surface area contributed by atoms with Crippen LogP contribution in [0.4, 0.5) is 0 Å². The lowest BCUT2D eigenvalue weighted by molar-refractivity contribution is 0.0916. The molecule has 1 aromatic heterocycles. The fourth-order valence-electron chi connectivity index (χ4n) is 2.96. The van der Waals surface area contributed by atoms with Crippen molar-refractivity contribution in [2.75, 3.05) is 6.54 Å². The van der Waals surface area contributed by atoms with E-state index in [1.165, 1.54) is 0 Å². The predicted octanol–water partition coefficient (Wildman–Crippen LogP) is 3.56. The fourth-order valence-corrected chi connectivity index (χ4v) is 2.96. The van der Waals surface area contributed by atoms with Gasteiger partial charge in [-0.05, 0) is 55.7 Å². The van der Waals surface area contributed by atoms with E-state index in [-0.39, 0.29) is 12.5 Å². The molecule has 0 spiro atoms.